The lowest BCUT2D eigenvalue weighted by molar-refractivity contribution is -0.137. The van der Waals surface area contributed by atoms with Crippen LogP contribution < -0.4 is 10.6 Å². The van der Waals surface area contributed by atoms with Gasteiger partial charge in [-0.05, 0) is 29.8 Å². The number of nitrogens with one attached hydrogen (secondary N) is 2. The third-order valence-electron chi connectivity index (χ3n) is 3.68. The number of halogens is 3. The van der Waals surface area contributed by atoms with E-state index in [4.69, 9.17) is 4.74 Å². The number of alkyl halides is 3. The van der Waals surface area contributed by atoms with Crippen molar-refractivity contribution in [2.24, 2.45) is 0 Å². The molecule has 2 amide bonds. The first-order chi connectivity index (χ1) is 12.8. The van der Waals surface area contributed by atoms with Crippen LogP contribution in [0.3, 0.4) is 0 Å². The molecule has 0 atom stereocenters. The molecule has 0 spiro atoms. The highest BCUT2D eigenvalue weighted by Crippen LogP contribution is 2.32. The second-order valence-electron chi connectivity index (χ2n) is 5.71. The fraction of sp³-hybridized carbons (Fsp3) is 0.263. The minimum absolute atomic E-state index is 0.148. The number of rotatable bonds is 7. The van der Waals surface area contributed by atoms with Crippen LogP contribution in [-0.4, -0.2) is 32.1 Å². The lowest BCUT2D eigenvalue weighted by Crippen LogP contribution is -2.28. The summed E-state index contributed by atoms with van der Waals surface area (Å²) in [5.41, 5.74) is -0.405. The van der Waals surface area contributed by atoms with Crippen LogP contribution in [0.4, 0.5) is 18.9 Å². The first-order valence-electron chi connectivity index (χ1n) is 8.13. The van der Waals surface area contributed by atoms with Crippen molar-refractivity contribution in [1.82, 2.24) is 5.32 Å². The van der Waals surface area contributed by atoms with Gasteiger partial charge in [0, 0.05) is 19.3 Å². The van der Waals surface area contributed by atoms with E-state index in [1.165, 1.54) is 31.4 Å². The first kappa shape index (κ1) is 20.4. The Balaban J connectivity index is 2.01. The molecule has 2 N–H and O–H groups in total. The molecule has 0 unspecified atom stereocenters. The predicted molar refractivity (Wildman–Crippen MR) is 94.4 cm³/mol. The number of carbonyl (C=O) groups is 2. The van der Waals surface area contributed by atoms with Crippen molar-refractivity contribution >= 4 is 17.5 Å². The molecule has 0 aromatic heterocycles. The van der Waals surface area contributed by atoms with Crippen molar-refractivity contribution in [3.8, 4) is 0 Å². The van der Waals surface area contributed by atoms with E-state index in [1.807, 2.05) is 0 Å². The molecule has 8 heteroatoms. The normalized spacial score (nSPS) is 11.1. The number of anilines is 1. The number of ether oxygens (including phenoxy) is 1. The minimum Gasteiger partial charge on any atom is -0.383 e. The Labute approximate surface area is 154 Å². The number of amides is 2. The smallest absolute Gasteiger partial charge is 0.383 e. The number of carbonyl (C=O) groups excluding carboxylic acids is 2. The summed E-state index contributed by atoms with van der Waals surface area (Å²) in [7, 11) is 1.53. The molecule has 0 saturated carbocycles. The molecule has 2 aromatic carbocycles. The van der Waals surface area contributed by atoms with E-state index in [1.54, 1.807) is 12.1 Å². The Bertz CT molecular complexity index is 790. The lowest BCUT2D eigenvalue weighted by atomic mass is 10.1. The van der Waals surface area contributed by atoms with Gasteiger partial charge in [-0.25, -0.2) is 0 Å². The standard InChI is InChI=1S/C19H19F3N2O3/c1-27-11-10-23-17(25)12-13-6-8-14(9-7-13)24-18(26)15-4-2-3-5-16(15)19(20,21)22/h2-9H,10-12H2,1H3,(H,23,25)(H,24,26). The molecule has 2 rings (SSSR count). The van der Waals surface area contributed by atoms with Crippen LogP contribution in [0.5, 0.6) is 0 Å². The Morgan fingerprint density at radius 1 is 1.04 bits per heavy atom. The fourth-order valence-electron chi connectivity index (χ4n) is 2.37. The average Bonchev–Trinajstić information content (AvgIpc) is 2.63. The molecular formula is C19H19F3N2O3. The average molecular weight is 380 g/mol. The molecule has 0 fully saturated rings. The van der Waals surface area contributed by atoms with Crippen LogP contribution in [0.15, 0.2) is 48.5 Å². The summed E-state index contributed by atoms with van der Waals surface area (Å²) in [6, 6.07) is 10.9. The summed E-state index contributed by atoms with van der Waals surface area (Å²) in [6.07, 6.45) is -4.47. The molecule has 0 aliphatic heterocycles. The van der Waals surface area contributed by atoms with Gasteiger partial charge in [0.1, 0.15) is 0 Å². The van der Waals surface area contributed by atoms with Crippen LogP contribution in [-0.2, 0) is 22.1 Å². The second-order valence-corrected chi connectivity index (χ2v) is 5.71. The van der Waals surface area contributed by atoms with Crippen molar-refractivity contribution in [2.75, 3.05) is 25.6 Å². The summed E-state index contributed by atoms with van der Waals surface area (Å²) in [5, 5.41) is 5.12. The number of hydrogen-bond acceptors (Lipinski definition) is 3. The topological polar surface area (TPSA) is 67.4 Å². The number of methoxy groups -OCH3 is 1. The lowest BCUT2D eigenvalue weighted by Gasteiger charge is -2.13. The molecule has 2 aromatic rings. The quantitative estimate of drug-likeness (QED) is 0.725. The van der Waals surface area contributed by atoms with E-state index in [0.717, 1.165) is 12.1 Å². The maximum Gasteiger partial charge on any atom is 0.417 e. The molecule has 0 heterocycles. The third kappa shape index (κ3) is 6.10. The second kappa shape index (κ2) is 9.18. The first-order valence-corrected chi connectivity index (χ1v) is 8.13. The maximum absolute atomic E-state index is 13.0. The van der Waals surface area contributed by atoms with Crippen molar-refractivity contribution < 1.29 is 27.5 Å². The van der Waals surface area contributed by atoms with Crippen LogP contribution in [0.1, 0.15) is 21.5 Å². The number of benzene rings is 2. The SMILES string of the molecule is COCCNC(=O)Cc1ccc(NC(=O)c2ccccc2C(F)(F)F)cc1. The van der Waals surface area contributed by atoms with Gasteiger partial charge in [-0.1, -0.05) is 24.3 Å². The van der Waals surface area contributed by atoms with E-state index in [-0.39, 0.29) is 12.3 Å². The van der Waals surface area contributed by atoms with Crippen molar-refractivity contribution in [3.05, 3.63) is 65.2 Å². The molecular weight excluding hydrogens is 361 g/mol. The zero-order chi connectivity index (χ0) is 19.9. The van der Waals surface area contributed by atoms with Crippen LogP contribution in [0, 0.1) is 0 Å². The van der Waals surface area contributed by atoms with Gasteiger partial charge in [0.05, 0.1) is 24.2 Å². The van der Waals surface area contributed by atoms with E-state index >= 15 is 0 Å². The summed E-state index contributed by atoms with van der Waals surface area (Å²) < 4.78 is 43.9. The molecule has 27 heavy (non-hydrogen) atoms. The van der Waals surface area contributed by atoms with Gasteiger partial charge in [-0.15, -0.1) is 0 Å². The zero-order valence-electron chi connectivity index (χ0n) is 14.6. The van der Waals surface area contributed by atoms with E-state index in [9.17, 15) is 22.8 Å². The van der Waals surface area contributed by atoms with E-state index in [2.05, 4.69) is 10.6 Å². The summed E-state index contributed by atoms with van der Waals surface area (Å²) in [5.74, 6) is -1.03. The molecule has 0 aliphatic carbocycles. The Hall–Kier alpha value is -2.87. The molecule has 0 bridgehead atoms. The van der Waals surface area contributed by atoms with Crippen molar-refractivity contribution in [3.63, 3.8) is 0 Å². The van der Waals surface area contributed by atoms with Crippen LogP contribution in [0.25, 0.3) is 0 Å². The largest absolute Gasteiger partial charge is 0.417 e. The van der Waals surface area contributed by atoms with Gasteiger partial charge in [-0.3, -0.25) is 9.59 Å². The summed E-state index contributed by atoms with van der Waals surface area (Å²) in [4.78, 5) is 23.9. The summed E-state index contributed by atoms with van der Waals surface area (Å²) >= 11 is 0. The van der Waals surface area contributed by atoms with Gasteiger partial charge in [0.15, 0.2) is 0 Å². The molecule has 0 aliphatic rings. The molecule has 5 nitrogen and oxygen atoms in total. The van der Waals surface area contributed by atoms with Gasteiger partial charge in [-0.2, -0.15) is 13.2 Å². The van der Waals surface area contributed by atoms with Crippen molar-refractivity contribution in [1.29, 1.82) is 0 Å². The zero-order valence-corrected chi connectivity index (χ0v) is 14.6. The molecule has 0 radical (unpaired) electrons. The summed E-state index contributed by atoms with van der Waals surface area (Å²) in [6.45, 7) is 0.818. The van der Waals surface area contributed by atoms with Gasteiger partial charge in [0.2, 0.25) is 5.91 Å². The molecule has 144 valence electrons. The maximum atomic E-state index is 13.0. The predicted octanol–water partition coefficient (Wildman–Crippen LogP) is 3.26. The Morgan fingerprint density at radius 3 is 2.33 bits per heavy atom. The highest BCUT2D eigenvalue weighted by atomic mass is 19.4. The highest BCUT2D eigenvalue weighted by Gasteiger charge is 2.34. The van der Waals surface area contributed by atoms with Crippen molar-refractivity contribution in [2.45, 2.75) is 12.6 Å². The highest BCUT2D eigenvalue weighted by molar-refractivity contribution is 6.05. The van der Waals surface area contributed by atoms with Gasteiger partial charge in [0.25, 0.3) is 5.91 Å². The number of hydrogen-bond donors (Lipinski definition) is 2. The molecule has 0 saturated heterocycles. The third-order valence-corrected chi connectivity index (χ3v) is 3.68. The van der Waals surface area contributed by atoms with Crippen LogP contribution >= 0.6 is 0 Å². The van der Waals surface area contributed by atoms with Crippen LogP contribution in [0.2, 0.25) is 0 Å². The van der Waals surface area contributed by atoms with Gasteiger partial charge < -0.3 is 15.4 Å². The van der Waals surface area contributed by atoms with E-state index < -0.39 is 23.2 Å². The Kier molecular flexibility index (Phi) is 6.95. The van der Waals surface area contributed by atoms with E-state index in [0.29, 0.717) is 24.4 Å². The monoisotopic (exact) mass is 380 g/mol. The fourth-order valence-corrected chi connectivity index (χ4v) is 2.37. The minimum atomic E-state index is -4.62. The Morgan fingerprint density at radius 2 is 1.70 bits per heavy atom. The van der Waals surface area contributed by atoms with Gasteiger partial charge >= 0.3 is 6.18 Å².